The van der Waals surface area contributed by atoms with Crippen LogP contribution in [0.5, 0.6) is 0 Å². The predicted octanol–water partition coefficient (Wildman–Crippen LogP) is 2.61. The lowest BCUT2D eigenvalue weighted by molar-refractivity contribution is 0.224. The Morgan fingerprint density at radius 2 is 1.88 bits per heavy atom. The molecular weight excluding hydrogens is 218 g/mol. The fourth-order valence-corrected chi connectivity index (χ4v) is 2.16. The third-order valence-electron chi connectivity index (χ3n) is 2.48. The Labute approximate surface area is 102 Å². The highest BCUT2D eigenvalue weighted by molar-refractivity contribution is 7.99. The standard InChI is InChI=1S/C13H21NOS/c1-10(2)11-4-6-12(7-5-11)16-9-13(3,14)8-15/h4-7,10,15H,8-9,14H2,1-3H3. The zero-order valence-electron chi connectivity index (χ0n) is 10.2. The number of nitrogens with two attached hydrogens (primary N) is 1. The van der Waals surface area contributed by atoms with Crippen molar-refractivity contribution in [3.05, 3.63) is 29.8 Å². The first-order chi connectivity index (χ1) is 7.44. The zero-order valence-corrected chi connectivity index (χ0v) is 11.1. The van der Waals surface area contributed by atoms with Crippen molar-refractivity contribution in [2.45, 2.75) is 37.1 Å². The first-order valence-corrected chi connectivity index (χ1v) is 6.56. The highest BCUT2D eigenvalue weighted by atomic mass is 32.2. The van der Waals surface area contributed by atoms with Crippen molar-refractivity contribution in [3.8, 4) is 0 Å². The molecule has 1 aromatic rings. The third-order valence-corrected chi connectivity index (χ3v) is 3.89. The second kappa shape index (κ2) is 5.71. The first-order valence-electron chi connectivity index (χ1n) is 5.57. The molecule has 0 spiro atoms. The Hall–Kier alpha value is -0.510. The molecule has 0 radical (unpaired) electrons. The van der Waals surface area contributed by atoms with Gasteiger partial charge in [0.1, 0.15) is 0 Å². The van der Waals surface area contributed by atoms with Crippen LogP contribution in [0.4, 0.5) is 0 Å². The quantitative estimate of drug-likeness (QED) is 0.776. The second-order valence-corrected chi connectivity index (χ2v) is 5.87. The molecule has 1 unspecified atom stereocenters. The van der Waals surface area contributed by atoms with Crippen molar-refractivity contribution in [1.82, 2.24) is 0 Å². The summed E-state index contributed by atoms with van der Waals surface area (Å²) >= 11 is 1.69. The summed E-state index contributed by atoms with van der Waals surface area (Å²) in [6.45, 7) is 6.25. The molecule has 2 nitrogen and oxygen atoms in total. The van der Waals surface area contributed by atoms with Gasteiger partial charge in [0.05, 0.1) is 6.61 Å². The molecule has 0 aliphatic carbocycles. The van der Waals surface area contributed by atoms with E-state index in [0.717, 1.165) is 5.75 Å². The number of aliphatic hydroxyl groups is 1. The van der Waals surface area contributed by atoms with Crippen LogP contribution in [0.25, 0.3) is 0 Å². The van der Waals surface area contributed by atoms with Gasteiger partial charge in [-0.3, -0.25) is 0 Å². The number of thioether (sulfide) groups is 1. The molecule has 1 aromatic carbocycles. The molecule has 0 saturated carbocycles. The minimum atomic E-state index is -0.499. The minimum absolute atomic E-state index is 0.0179. The highest BCUT2D eigenvalue weighted by Crippen LogP contribution is 2.23. The smallest absolute Gasteiger partial charge is 0.0616 e. The second-order valence-electron chi connectivity index (χ2n) is 4.82. The van der Waals surface area contributed by atoms with Crippen molar-refractivity contribution in [2.75, 3.05) is 12.4 Å². The van der Waals surface area contributed by atoms with Crippen molar-refractivity contribution in [2.24, 2.45) is 5.73 Å². The van der Waals surface area contributed by atoms with Gasteiger partial charge in [-0.1, -0.05) is 26.0 Å². The molecule has 0 aliphatic rings. The number of hydrogen-bond acceptors (Lipinski definition) is 3. The van der Waals surface area contributed by atoms with Gasteiger partial charge in [-0.15, -0.1) is 11.8 Å². The van der Waals surface area contributed by atoms with Gasteiger partial charge in [-0.25, -0.2) is 0 Å². The van der Waals surface area contributed by atoms with E-state index in [2.05, 4.69) is 38.1 Å². The maximum atomic E-state index is 9.05. The van der Waals surface area contributed by atoms with E-state index in [4.69, 9.17) is 10.8 Å². The first kappa shape index (κ1) is 13.6. The predicted molar refractivity (Wildman–Crippen MR) is 70.9 cm³/mol. The van der Waals surface area contributed by atoms with Gasteiger partial charge in [-0.2, -0.15) is 0 Å². The van der Waals surface area contributed by atoms with Gasteiger partial charge >= 0.3 is 0 Å². The molecule has 0 saturated heterocycles. The lowest BCUT2D eigenvalue weighted by Crippen LogP contribution is -2.42. The van der Waals surface area contributed by atoms with Crippen molar-refractivity contribution in [1.29, 1.82) is 0 Å². The Balaban J connectivity index is 2.56. The van der Waals surface area contributed by atoms with Crippen LogP contribution in [0.2, 0.25) is 0 Å². The maximum Gasteiger partial charge on any atom is 0.0616 e. The van der Waals surface area contributed by atoms with Crippen LogP contribution in [-0.4, -0.2) is 23.0 Å². The number of benzene rings is 1. The molecule has 0 fully saturated rings. The van der Waals surface area contributed by atoms with Crippen LogP contribution in [0.1, 0.15) is 32.3 Å². The largest absolute Gasteiger partial charge is 0.394 e. The summed E-state index contributed by atoms with van der Waals surface area (Å²) in [6.07, 6.45) is 0. The van der Waals surface area contributed by atoms with Gasteiger partial charge in [0.25, 0.3) is 0 Å². The molecule has 0 aromatic heterocycles. The van der Waals surface area contributed by atoms with Gasteiger partial charge in [0.2, 0.25) is 0 Å². The molecule has 0 bridgehead atoms. The normalized spacial score (nSPS) is 15.1. The minimum Gasteiger partial charge on any atom is -0.394 e. The molecule has 3 heteroatoms. The molecule has 90 valence electrons. The topological polar surface area (TPSA) is 46.2 Å². The molecule has 1 rings (SSSR count). The summed E-state index contributed by atoms with van der Waals surface area (Å²) in [5.74, 6) is 1.29. The molecular formula is C13H21NOS. The monoisotopic (exact) mass is 239 g/mol. The number of hydrogen-bond donors (Lipinski definition) is 2. The fraction of sp³-hybridized carbons (Fsp3) is 0.538. The van der Waals surface area contributed by atoms with E-state index >= 15 is 0 Å². The van der Waals surface area contributed by atoms with E-state index in [9.17, 15) is 0 Å². The molecule has 0 aliphatic heterocycles. The van der Waals surface area contributed by atoms with E-state index < -0.39 is 5.54 Å². The van der Waals surface area contributed by atoms with Crippen LogP contribution in [0.3, 0.4) is 0 Å². The molecule has 0 heterocycles. The van der Waals surface area contributed by atoms with E-state index in [1.807, 2.05) is 6.92 Å². The Morgan fingerprint density at radius 1 is 1.31 bits per heavy atom. The van der Waals surface area contributed by atoms with Crippen molar-refractivity contribution >= 4 is 11.8 Å². The Morgan fingerprint density at radius 3 is 2.31 bits per heavy atom. The van der Waals surface area contributed by atoms with Gasteiger partial charge in [0.15, 0.2) is 0 Å². The number of aliphatic hydroxyl groups excluding tert-OH is 1. The van der Waals surface area contributed by atoms with Gasteiger partial charge < -0.3 is 10.8 Å². The molecule has 3 N–H and O–H groups in total. The average Bonchev–Trinajstić information content (AvgIpc) is 2.27. The van der Waals surface area contributed by atoms with Crippen molar-refractivity contribution < 1.29 is 5.11 Å². The zero-order chi connectivity index (χ0) is 12.2. The Bertz CT molecular complexity index is 319. The number of rotatable bonds is 5. The van der Waals surface area contributed by atoms with Crippen LogP contribution < -0.4 is 5.73 Å². The average molecular weight is 239 g/mol. The van der Waals surface area contributed by atoms with Crippen molar-refractivity contribution in [3.63, 3.8) is 0 Å². The summed E-state index contributed by atoms with van der Waals surface area (Å²) in [6, 6.07) is 8.54. The van der Waals surface area contributed by atoms with Crippen LogP contribution in [-0.2, 0) is 0 Å². The third kappa shape index (κ3) is 4.16. The summed E-state index contributed by atoms with van der Waals surface area (Å²) in [4.78, 5) is 1.20. The van der Waals surface area contributed by atoms with E-state index in [1.165, 1.54) is 10.5 Å². The molecule has 0 amide bonds. The summed E-state index contributed by atoms with van der Waals surface area (Å²) < 4.78 is 0. The highest BCUT2D eigenvalue weighted by Gasteiger charge is 2.16. The summed E-state index contributed by atoms with van der Waals surface area (Å²) in [5, 5.41) is 9.05. The van der Waals surface area contributed by atoms with Crippen LogP contribution in [0.15, 0.2) is 29.2 Å². The van der Waals surface area contributed by atoms with Crippen LogP contribution in [0, 0.1) is 0 Å². The SMILES string of the molecule is CC(C)c1ccc(SCC(C)(N)CO)cc1. The fourth-order valence-electron chi connectivity index (χ4n) is 1.24. The van der Waals surface area contributed by atoms with Gasteiger partial charge in [-0.05, 0) is 30.5 Å². The van der Waals surface area contributed by atoms with Gasteiger partial charge in [0, 0.05) is 16.2 Å². The van der Waals surface area contributed by atoms with E-state index in [-0.39, 0.29) is 6.61 Å². The van der Waals surface area contributed by atoms with Crippen LogP contribution >= 0.6 is 11.8 Å². The summed E-state index contributed by atoms with van der Waals surface area (Å²) in [7, 11) is 0. The molecule has 16 heavy (non-hydrogen) atoms. The van der Waals surface area contributed by atoms with E-state index in [0.29, 0.717) is 5.92 Å². The lowest BCUT2D eigenvalue weighted by Gasteiger charge is -2.20. The summed E-state index contributed by atoms with van der Waals surface area (Å²) in [5.41, 5.74) is 6.72. The lowest BCUT2D eigenvalue weighted by atomic mass is 10.0. The Kier molecular flexibility index (Phi) is 4.84. The maximum absolute atomic E-state index is 9.05. The van der Waals surface area contributed by atoms with E-state index in [1.54, 1.807) is 11.8 Å². The molecule has 1 atom stereocenters.